The van der Waals surface area contributed by atoms with Crippen molar-refractivity contribution in [3.63, 3.8) is 0 Å². The summed E-state index contributed by atoms with van der Waals surface area (Å²) < 4.78 is 0. The smallest absolute Gasteiger partial charge is 0.236 e. The minimum absolute atomic E-state index is 0.0770. The Hall–Kier alpha value is -2.24. The molecule has 1 aromatic rings. The van der Waals surface area contributed by atoms with Gasteiger partial charge in [-0.15, -0.1) is 0 Å². The Morgan fingerprint density at radius 2 is 1.69 bits per heavy atom. The monoisotopic (exact) mass is 222 g/mol. The number of hydrogen-bond acceptors (Lipinski definition) is 4. The molecule has 0 saturated carbocycles. The van der Waals surface area contributed by atoms with Crippen molar-refractivity contribution < 1.29 is 9.59 Å². The Bertz CT molecular complexity index is 390. The molecule has 0 spiro atoms. The van der Waals surface area contributed by atoms with Crippen LogP contribution in [-0.2, 0) is 9.59 Å². The molecule has 0 saturated heterocycles. The number of nitrogens with two attached hydrogens (primary N) is 3. The van der Waals surface area contributed by atoms with E-state index in [1.807, 2.05) is 0 Å². The van der Waals surface area contributed by atoms with Crippen LogP contribution in [0.4, 0.5) is 11.4 Å². The summed E-state index contributed by atoms with van der Waals surface area (Å²) >= 11 is 0. The molecule has 0 fully saturated rings. The maximum Gasteiger partial charge on any atom is 0.236 e. The second-order valence-electron chi connectivity index (χ2n) is 3.38. The number of primary amides is 2. The first-order valence-corrected chi connectivity index (χ1v) is 4.66. The second-order valence-corrected chi connectivity index (χ2v) is 3.38. The van der Waals surface area contributed by atoms with E-state index in [0.29, 0.717) is 11.4 Å². The molecule has 0 heterocycles. The largest absolute Gasteiger partial charge is 0.399 e. The molecule has 0 aliphatic heterocycles. The molecule has 0 aromatic heterocycles. The Morgan fingerprint density at radius 3 is 2.12 bits per heavy atom. The number of carbonyl (C=O) groups is 2. The third-order valence-corrected chi connectivity index (χ3v) is 1.93. The maximum atomic E-state index is 10.8. The maximum absolute atomic E-state index is 10.8. The van der Waals surface area contributed by atoms with Gasteiger partial charge in [-0.05, 0) is 18.2 Å². The molecule has 0 aliphatic rings. The lowest BCUT2D eigenvalue weighted by atomic mass is 10.2. The molecule has 1 rings (SSSR count). The lowest BCUT2D eigenvalue weighted by Crippen LogP contribution is -2.39. The highest BCUT2D eigenvalue weighted by molar-refractivity contribution is 5.85. The van der Waals surface area contributed by atoms with Crippen LogP contribution in [0.3, 0.4) is 0 Å². The van der Waals surface area contributed by atoms with Gasteiger partial charge in [-0.25, -0.2) is 0 Å². The van der Waals surface area contributed by atoms with E-state index in [4.69, 9.17) is 17.2 Å². The van der Waals surface area contributed by atoms with Crippen molar-refractivity contribution in [2.75, 3.05) is 23.7 Å². The topological polar surface area (TPSA) is 115 Å². The van der Waals surface area contributed by atoms with Crippen LogP contribution in [0.2, 0.25) is 0 Å². The van der Waals surface area contributed by atoms with Crippen molar-refractivity contribution in [3.05, 3.63) is 24.3 Å². The fourth-order valence-corrected chi connectivity index (χ4v) is 1.34. The Kier molecular flexibility index (Phi) is 3.71. The van der Waals surface area contributed by atoms with Gasteiger partial charge >= 0.3 is 0 Å². The Morgan fingerprint density at radius 1 is 1.12 bits per heavy atom. The van der Waals surface area contributed by atoms with Crippen molar-refractivity contribution in [1.29, 1.82) is 0 Å². The van der Waals surface area contributed by atoms with Crippen molar-refractivity contribution in [2.24, 2.45) is 11.5 Å². The summed E-state index contributed by atoms with van der Waals surface area (Å²) in [5.41, 5.74) is 16.9. The van der Waals surface area contributed by atoms with Crippen molar-refractivity contribution in [2.45, 2.75) is 0 Å². The normalized spacial score (nSPS) is 9.75. The van der Waals surface area contributed by atoms with Gasteiger partial charge in [0.2, 0.25) is 11.8 Å². The molecule has 0 atom stereocenters. The van der Waals surface area contributed by atoms with E-state index in [9.17, 15) is 9.59 Å². The van der Waals surface area contributed by atoms with Crippen LogP contribution in [0.15, 0.2) is 24.3 Å². The zero-order valence-corrected chi connectivity index (χ0v) is 8.72. The van der Waals surface area contributed by atoms with E-state index in [-0.39, 0.29) is 13.1 Å². The number of carbonyl (C=O) groups excluding carboxylic acids is 2. The van der Waals surface area contributed by atoms with Crippen LogP contribution >= 0.6 is 0 Å². The van der Waals surface area contributed by atoms with Gasteiger partial charge in [0.15, 0.2) is 0 Å². The van der Waals surface area contributed by atoms with Gasteiger partial charge in [0.25, 0.3) is 0 Å². The zero-order valence-electron chi connectivity index (χ0n) is 8.72. The number of hydrogen-bond donors (Lipinski definition) is 3. The van der Waals surface area contributed by atoms with Crippen LogP contribution in [-0.4, -0.2) is 24.9 Å². The number of nitrogen functional groups attached to an aromatic ring is 1. The van der Waals surface area contributed by atoms with Gasteiger partial charge in [0, 0.05) is 11.4 Å². The van der Waals surface area contributed by atoms with Crippen LogP contribution in [0, 0.1) is 0 Å². The van der Waals surface area contributed by atoms with Crippen molar-refractivity contribution in [1.82, 2.24) is 0 Å². The summed E-state index contributed by atoms with van der Waals surface area (Å²) in [6.45, 7) is -0.154. The van der Waals surface area contributed by atoms with Gasteiger partial charge in [-0.3, -0.25) is 9.59 Å². The van der Waals surface area contributed by atoms with Crippen LogP contribution in [0.5, 0.6) is 0 Å². The molecular formula is C10H14N4O2. The molecule has 2 amide bonds. The quantitative estimate of drug-likeness (QED) is 0.557. The highest BCUT2D eigenvalue weighted by Gasteiger charge is 2.11. The molecule has 16 heavy (non-hydrogen) atoms. The van der Waals surface area contributed by atoms with E-state index in [2.05, 4.69) is 0 Å². The third-order valence-electron chi connectivity index (χ3n) is 1.93. The Labute approximate surface area is 93.0 Å². The van der Waals surface area contributed by atoms with Crippen LogP contribution in [0.25, 0.3) is 0 Å². The predicted octanol–water partition coefficient (Wildman–Crippen LogP) is -0.954. The first-order chi connectivity index (χ1) is 7.49. The predicted molar refractivity (Wildman–Crippen MR) is 61.5 cm³/mol. The molecule has 0 unspecified atom stereocenters. The standard InChI is InChI=1S/C10H14N4O2/c11-7-2-1-3-8(4-7)14(5-9(12)15)6-10(13)16/h1-4H,5-6,11H2,(H2,12,15)(H2,13,16). The molecule has 0 radical (unpaired) electrons. The van der Waals surface area contributed by atoms with Crippen LogP contribution < -0.4 is 22.1 Å². The number of anilines is 2. The number of benzene rings is 1. The second kappa shape index (κ2) is 5.01. The van der Waals surface area contributed by atoms with Gasteiger partial charge in [-0.1, -0.05) is 6.07 Å². The van der Waals surface area contributed by atoms with Crippen molar-refractivity contribution >= 4 is 23.2 Å². The summed E-state index contributed by atoms with van der Waals surface area (Å²) in [7, 11) is 0. The molecule has 0 aliphatic carbocycles. The highest BCUT2D eigenvalue weighted by Crippen LogP contribution is 2.16. The fraction of sp³-hybridized carbons (Fsp3) is 0.200. The lowest BCUT2D eigenvalue weighted by molar-refractivity contribution is -0.117. The summed E-state index contributed by atoms with van der Waals surface area (Å²) in [5, 5.41) is 0. The fourth-order valence-electron chi connectivity index (χ4n) is 1.34. The van der Waals surface area contributed by atoms with Gasteiger partial charge in [0.1, 0.15) is 0 Å². The summed E-state index contributed by atoms with van der Waals surface area (Å²) in [6, 6.07) is 6.80. The number of amides is 2. The van der Waals surface area contributed by atoms with Gasteiger partial charge in [-0.2, -0.15) is 0 Å². The lowest BCUT2D eigenvalue weighted by Gasteiger charge is -2.21. The van der Waals surface area contributed by atoms with Gasteiger partial charge < -0.3 is 22.1 Å². The SMILES string of the molecule is NC(=O)CN(CC(N)=O)c1cccc(N)c1. The minimum Gasteiger partial charge on any atom is -0.399 e. The van der Waals surface area contributed by atoms with E-state index in [1.165, 1.54) is 4.90 Å². The van der Waals surface area contributed by atoms with E-state index < -0.39 is 11.8 Å². The average molecular weight is 222 g/mol. The third kappa shape index (κ3) is 3.49. The summed E-state index contributed by atoms with van der Waals surface area (Å²) in [4.78, 5) is 23.2. The van der Waals surface area contributed by atoms with Crippen molar-refractivity contribution in [3.8, 4) is 0 Å². The van der Waals surface area contributed by atoms with E-state index in [1.54, 1.807) is 24.3 Å². The van der Waals surface area contributed by atoms with E-state index >= 15 is 0 Å². The number of nitrogens with zero attached hydrogens (tertiary/aromatic N) is 1. The molecule has 6 N–H and O–H groups in total. The average Bonchev–Trinajstić information content (AvgIpc) is 2.15. The first-order valence-electron chi connectivity index (χ1n) is 4.66. The molecule has 1 aromatic carbocycles. The molecule has 0 bridgehead atoms. The van der Waals surface area contributed by atoms with E-state index in [0.717, 1.165) is 0 Å². The van der Waals surface area contributed by atoms with Gasteiger partial charge in [0.05, 0.1) is 13.1 Å². The minimum atomic E-state index is -0.538. The molecular weight excluding hydrogens is 208 g/mol. The Balaban J connectivity index is 2.90. The highest BCUT2D eigenvalue weighted by atomic mass is 16.2. The molecule has 6 heteroatoms. The zero-order chi connectivity index (χ0) is 12.1. The number of rotatable bonds is 5. The molecule has 86 valence electrons. The first kappa shape index (κ1) is 11.8. The molecule has 6 nitrogen and oxygen atoms in total. The van der Waals surface area contributed by atoms with Crippen LogP contribution in [0.1, 0.15) is 0 Å². The summed E-state index contributed by atoms with van der Waals surface area (Å²) in [5.74, 6) is -1.08. The summed E-state index contributed by atoms with van der Waals surface area (Å²) in [6.07, 6.45) is 0.